The van der Waals surface area contributed by atoms with Crippen LogP contribution >= 0.6 is 0 Å². The number of carboxylic acid groups (broad SMARTS) is 1. The number of aryl methyl sites for hydroxylation is 1. The first-order chi connectivity index (χ1) is 8.27. The van der Waals surface area contributed by atoms with E-state index in [2.05, 4.69) is 4.72 Å². The van der Waals surface area contributed by atoms with Crippen LogP contribution in [0.5, 0.6) is 0 Å². The van der Waals surface area contributed by atoms with Gasteiger partial charge in [-0.3, -0.25) is 0 Å². The van der Waals surface area contributed by atoms with Crippen LogP contribution in [-0.2, 0) is 10.0 Å². The van der Waals surface area contributed by atoms with E-state index in [1.54, 1.807) is 6.92 Å². The first kappa shape index (κ1) is 14.6. The molecule has 7 heteroatoms. The molecule has 18 heavy (non-hydrogen) atoms. The van der Waals surface area contributed by atoms with Gasteiger partial charge in [-0.25, -0.2) is 17.9 Å². The molecule has 0 aliphatic heterocycles. The molecule has 0 aliphatic carbocycles. The number of aromatic carboxylic acids is 1. The molecule has 0 amide bonds. The molecule has 1 unspecified atom stereocenters. The number of carbonyl (C=O) groups is 1. The van der Waals surface area contributed by atoms with E-state index in [0.29, 0.717) is 5.56 Å². The van der Waals surface area contributed by atoms with Crippen molar-refractivity contribution in [3.8, 4) is 0 Å². The molecule has 0 radical (unpaired) electrons. The summed E-state index contributed by atoms with van der Waals surface area (Å²) < 4.78 is 26.2. The number of carboxylic acids is 1. The number of aliphatic hydroxyl groups is 1. The van der Waals surface area contributed by atoms with E-state index in [-0.39, 0.29) is 17.1 Å². The molecule has 0 aliphatic rings. The fourth-order valence-electron chi connectivity index (χ4n) is 1.39. The van der Waals surface area contributed by atoms with E-state index in [4.69, 9.17) is 10.2 Å². The Morgan fingerprint density at radius 3 is 2.56 bits per heavy atom. The highest BCUT2D eigenvalue weighted by molar-refractivity contribution is 7.89. The second-order valence-corrected chi connectivity index (χ2v) is 5.67. The largest absolute Gasteiger partial charge is 0.478 e. The quantitative estimate of drug-likeness (QED) is 0.718. The van der Waals surface area contributed by atoms with Crippen molar-refractivity contribution in [1.82, 2.24) is 4.72 Å². The van der Waals surface area contributed by atoms with Gasteiger partial charge < -0.3 is 10.2 Å². The van der Waals surface area contributed by atoms with Crippen molar-refractivity contribution >= 4 is 16.0 Å². The maximum absolute atomic E-state index is 12.0. The molecular weight excluding hydrogens is 258 g/mol. The van der Waals surface area contributed by atoms with Crippen LogP contribution in [0.3, 0.4) is 0 Å². The van der Waals surface area contributed by atoms with Crippen LogP contribution in [0.2, 0.25) is 0 Å². The molecule has 0 heterocycles. The second kappa shape index (κ2) is 5.47. The Balaban J connectivity index is 3.23. The fraction of sp³-hybridized carbons (Fsp3) is 0.364. The summed E-state index contributed by atoms with van der Waals surface area (Å²) in [5.41, 5.74) is 0.343. The van der Waals surface area contributed by atoms with Gasteiger partial charge in [0.2, 0.25) is 10.0 Å². The van der Waals surface area contributed by atoms with Crippen LogP contribution in [0.1, 0.15) is 22.8 Å². The van der Waals surface area contributed by atoms with Crippen molar-refractivity contribution in [2.45, 2.75) is 24.8 Å². The zero-order valence-electron chi connectivity index (χ0n) is 10.0. The zero-order chi connectivity index (χ0) is 13.9. The predicted octanol–water partition coefficient (Wildman–Crippen LogP) is 0.352. The lowest BCUT2D eigenvalue weighted by Crippen LogP contribution is -2.35. The van der Waals surface area contributed by atoms with Crippen molar-refractivity contribution in [2.75, 3.05) is 6.61 Å². The van der Waals surface area contributed by atoms with E-state index in [1.165, 1.54) is 19.1 Å². The molecule has 3 N–H and O–H groups in total. The molecule has 1 aromatic rings. The molecule has 0 bridgehead atoms. The van der Waals surface area contributed by atoms with E-state index in [1.807, 2.05) is 0 Å². The molecule has 0 saturated heterocycles. The number of benzene rings is 1. The van der Waals surface area contributed by atoms with E-state index < -0.39 is 22.0 Å². The summed E-state index contributed by atoms with van der Waals surface area (Å²) in [5, 5.41) is 17.7. The van der Waals surface area contributed by atoms with Crippen LogP contribution in [0.4, 0.5) is 0 Å². The molecule has 0 fully saturated rings. The van der Waals surface area contributed by atoms with Crippen LogP contribution in [0.15, 0.2) is 23.1 Å². The fourth-order valence-corrected chi connectivity index (χ4v) is 2.89. The van der Waals surface area contributed by atoms with Gasteiger partial charge in [-0.15, -0.1) is 0 Å². The van der Waals surface area contributed by atoms with Gasteiger partial charge in [0.05, 0.1) is 17.1 Å². The predicted molar refractivity (Wildman–Crippen MR) is 65.0 cm³/mol. The monoisotopic (exact) mass is 273 g/mol. The van der Waals surface area contributed by atoms with Gasteiger partial charge in [-0.1, -0.05) is 6.07 Å². The Labute approximate surface area is 105 Å². The van der Waals surface area contributed by atoms with Gasteiger partial charge in [-0.2, -0.15) is 0 Å². The van der Waals surface area contributed by atoms with Crippen molar-refractivity contribution < 1.29 is 23.4 Å². The Hall–Kier alpha value is -1.44. The number of nitrogens with one attached hydrogen (secondary N) is 1. The molecule has 6 nitrogen and oxygen atoms in total. The summed E-state index contributed by atoms with van der Waals surface area (Å²) in [7, 11) is -3.83. The minimum Gasteiger partial charge on any atom is -0.478 e. The smallest absolute Gasteiger partial charge is 0.335 e. The van der Waals surface area contributed by atoms with Crippen molar-refractivity contribution in [2.24, 2.45) is 0 Å². The zero-order valence-corrected chi connectivity index (χ0v) is 10.9. The second-order valence-electron chi connectivity index (χ2n) is 3.99. The maximum Gasteiger partial charge on any atom is 0.335 e. The lowest BCUT2D eigenvalue weighted by Gasteiger charge is -2.13. The number of hydrogen-bond donors (Lipinski definition) is 3. The molecule has 0 aromatic heterocycles. The summed E-state index contributed by atoms with van der Waals surface area (Å²) >= 11 is 0. The first-order valence-electron chi connectivity index (χ1n) is 5.25. The third kappa shape index (κ3) is 3.28. The standard InChI is InChI=1S/C11H15NO5S/c1-7-3-4-9(11(14)15)5-10(7)18(16,17)12-8(2)6-13/h3-5,8,12-13H,6H2,1-2H3,(H,14,15). The van der Waals surface area contributed by atoms with Crippen molar-refractivity contribution in [3.05, 3.63) is 29.3 Å². The molecular formula is C11H15NO5S. The van der Waals surface area contributed by atoms with Gasteiger partial charge >= 0.3 is 5.97 Å². The van der Waals surface area contributed by atoms with Crippen LogP contribution in [0, 0.1) is 6.92 Å². The van der Waals surface area contributed by atoms with Crippen LogP contribution in [-0.4, -0.2) is 37.2 Å². The molecule has 100 valence electrons. The normalized spacial score (nSPS) is 13.3. The highest BCUT2D eigenvalue weighted by Gasteiger charge is 2.20. The number of hydrogen-bond acceptors (Lipinski definition) is 4. The minimum absolute atomic E-state index is 0.0947. The van der Waals surface area contributed by atoms with Crippen LogP contribution < -0.4 is 4.72 Å². The SMILES string of the molecule is Cc1ccc(C(=O)O)cc1S(=O)(=O)NC(C)CO. The number of rotatable bonds is 5. The summed E-state index contributed by atoms with van der Waals surface area (Å²) in [6.07, 6.45) is 0. The highest BCUT2D eigenvalue weighted by Crippen LogP contribution is 2.17. The Morgan fingerprint density at radius 2 is 2.06 bits per heavy atom. The minimum atomic E-state index is -3.83. The summed E-state index contributed by atoms with van der Waals surface area (Å²) in [4.78, 5) is 10.7. The molecule has 1 aromatic carbocycles. The van der Waals surface area contributed by atoms with Crippen LogP contribution in [0.25, 0.3) is 0 Å². The highest BCUT2D eigenvalue weighted by atomic mass is 32.2. The number of sulfonamides is 1. The lowest BCUT2D eigenvalue weighted by molar-refractivity contribution is 0.0696. The summed E-state index contributed by atoms with van der Waals surface area (Å²) in [5.74, 6) is -1.19. The average molecular weight is 273 g/mol. The average Bonchev–Trinajstić information content (AvgIpc) is 2.28. The molecule has 1 rings (SSSR count). The first-order valence-corrected chi connectivity index (χ1v) is 6.73. The Morgan fingerprint density at radius 1 is 1.44 bits per heavy atom. The summed E-state index contributed by atoms with van der Waals surface area (Å²) in [6, 6.07) is 3.24. The third-order valence-electron chi connectivity index (χ3n) is 2.35. The van der Waals surface area contributed by atoms with Gasteiger partial charge in [0, 0.05) is 6.04 Å². The van der Waals surface area contributed by atoms with E-state index >= 15 is 0 Å². The molecule has 1 atom stereocenters. The van der Waals surface area contributed by atoms with E-state index in [0.717, 1.165) is 6.07 Å². The Kier molecular flexibility index (Phi) is 4.44. The van der Waals surface area contributed by atoms with Gasteiger partial charge in [0.25, 0.3) is 0 Å². The van der Waals surface area contributed by atoms with Crippen molar-refractivity contribution in [3.63, 3.8) is 0 Å². The molecule has 0 spiro atoms. The Bertz CT molecular complexity index is 553. The lowest BCUT2D eigenvalue weighted by atomic mass is 10.1. The topological polar surface area (TPSA) is 104 Å². The molecule has 0 saturated carbocycles. The van der Waals surface area contributed by atoms with E-state index in [9.17, 15) is 13.2 Å². The van der Waals surface area contributed by atoms with Gasteiger partial charge in [-0.05, 0) is 31.5 Å². The summed E-state index contributed by atoms with van der Waals surface area (Å²) in [6.45, 7) is 2.74. The number of aliphatic hydroxyl groups excluding tert-OH is 1. The van der Waals surface area contributed by atoms with Gasteiger partial charge in [0.1, 0.15) is 0 Å². The van der Waals surface area contributed by atoms with Gasteiger partial charge in [0.15, 0.2) is 0 Å². The van der Waals surface area contributed by atoms with Crippen molar-refractivity contribution in [1.29, 1.82) is 0 Å². The third-order valence-corrected chi connectivity index (χ3v) is 4.09. The maximum atomic E-state index is 12.0.